The maximum absolute atomic E-state index is 12.1. The molecule has 1 atom stereocenters. The third-order valence-electron chi connectivity index (χ3n) is 3.30. The molecule has 0 saturated carbocycles. The molecular weight excluding hydrogens is 328 g/mol. The molecule has 3 N–H and O–H groups in total. The van der Waals surface area contributed by atoms with E-state index in [4.69, 9.17) is 0 Å². The molecule has 0 aliphatic heterocycles. The molecule has 0 bridgehead atoms. The van der Waals surface area contributed by atoms with E-state index in [0.717, 1.165) is 11.8 Å². The highest BCUT2D eigenvalue weighted by Crippen LogP contribution is 2.15. The van der Waals surface area contributed by atoms with Crippen LogP contribution in [0.3, 0.4) is 0 Å². The van der Waals surface area contributed by atoms with E-state index in [2.05, 4.69) is 10.6 Å². The van der Waals surface area contributed by atoms with Gasteiger partial charge in [0, 0.05) is 11.9 Å². The van der Waals surface area contributed by atoms with Gasteiger partial charge in [0.05, 0.1) is 18.4 Å². The zero-order valence-electron chi connectivity index (χ0n) is 13.3. The van der Waals surface area contributed by atoms with Crippen LogP contribution in [0.4, 0.5) is 10.5 Å². The molecular formula is C17H20N2O4S. The summed E-state index contributed by atoms with van der Waals surface area (Å²) in [5, 5.41) is 14.8. The van der Waals surface area contributed by atoms with Gasteiger partial charge in [0.1, 0.15) is 0 Å². The molecule has 0 radical (unpaired) electrons. The van der Waals surface area contributed by atoms with E-state index in [1.807, 2.05) is 30.3 Å². The van der Waals surface area contributed by atoms with E-state index >= 15 is 0 Å². The molecule has 2 aromatic carbocycles. The van der Waals surface area contributed by atoms with E-state index in [1.54, 1.807) is 24.3 Å². The number of carbonyl (C=O) groups excluding carboxylic acids is 1. The van der Waals surface area contributed by atoms with Crippen LogP contribution >= 0.6 is 0 Å². The summed E-state index contributed by atoms with van der Waals surface area (Å²) < 4.78 is 22.7. The fourth-order valence-corrected chi connectivity index (χ4v) is 3.07. The van der Waals surface area contributed by atoms with Gasteiger partial charge >= 0.3 is 6.03 Å². The number of carbonyl (C=O) groups is 1. The third kappa shape index (κ3) is 5.68. The lowest BCUT2D eigenvalue weighted by Gasteiger charge is -2.17. The topological polar surface area (TPSA) is 95.5 Å². The number of aliphatic hydroxyl groups is 1. The van der Waals surface area contributed by atoms with Crippen LogP contribution in [0.5, 0.6) is 0 Å². The SMILES string of the molecule is CS(=O)(=O)Cc1cccc(NC(=O)N[C@@H](CO)c2ccccc2)c1. The molecule has 0 aliphatic rings. The van der Waals surface area contributed by atoms with Gasteiger partial charge in [-0.25, -0.2) is 13.2 Å². The number of hydrogen-bond donors (Lipinski definition) is 3. The van der Waals surface area contributed by atoms with Crippen LogP contribution in [0.1, 0.15) is 17.2 Å². The minimum Gasteiger partial charge on any atom is -0.394 e. The Labute approximate surface area is 141 Å². The first-order chi connectivity index (χ1) is 11.4. The van der Waals surface area contributed by atoms with E-state index in [0.29, 0.717) is 11.3 Å². The second kappa shape index (κ2) is 7.94. The number of aliphatic hydroxyl groups excluding tert-OH is 1. The number of rotatable bonds is 6. The summed E-state index contributed by atoms with van der Waals surface area (Å²) in [6, 6.07) is 14.8. The first kappa shape index (κ1) is 18.0. The van der Waals surface area contributed by atoms with Gasteiger partial charge in [0.15, 0.2) is 9.84 Å². The average Bonchev–Trinajstić information content (AvgIpc) is 2.52. The molecule has 7 heteroatoms. The number of hydrogen-bond acceptors (Lipinski definition) is 4. The molecule has 0 unspecified atom stereocenters. The van der Waals surface area contributed by atoms with Gasteiger partial charge < -0.3 is 15.7 Å². The van der Waals surface area contributed by atoms with Crippen molar-refractivity contribution in [3.63, 3.8) is 0 Å². The molecule has 0 saturated heterocycles. The molecule has 2 rings (SSSR count). The summed E-state index contributed by atoms with van der Waals surface area (Å²) in [7, 11) is -3.14. The molecule has 0 aromatic heterocycles. The highest BCUT2D eigenvalue weighted by atomic mass is 32.2. The summed E-state index contributed by atoms with van der Waals surface area (Å²) in [5.41, 5.74) is 1.87. The minimum atomic E-state index is -3.14. The second-order valence-electron chi connectivity index (χ2n) is 5.51. The molecule has 0 heterocycles. The standard InChI is InChI=1S/C17H20N2O4S/c1-24(22,23)12-13-6-5-9-15(10-13)18-17(21)19-16(11-20)14-7-3-2-4-8-14/h2-10,16,20H,11-12H2,1H3,(H2,18,19,21)/t16-/m0/s1. The number of benzene rings is 2. The van der Waals surface area contributed by atoms with E-state index in [9.17, 15) is 18.3 Å². The molecule has 0 fully saturated rings. The Morgan fingerprint density at radius 3 is 2.46 bits per heavy atom. The lowest BCUT2D eigenvalue weighted by Crippen LogP contribution is -2.34. The van der Waals surface area contributed by atoms with Crippen molar-refractivity contribution in [2.45, 2.75) is 11.8 Å². The number of nitrogens with one attached hydrogen (secondary N) is 2. The third-order valence-corrected chi connectivity index (χ3v) is 4.16. The van der Waals surface area contributed by atoms with Gasteiger partial charge in [0.25, 0.3) is 0 Å². The predicted molar refractivity (Wildman–Crippen MR) is 93.4 cm³/mol. The van der Waals surface area contributed by atoms with Crippen LogP contribution in [0.15, 0.2) is 54.6 Å². The Bertz CT molecular complexity index is 791. The summed E-state index contributed by atoms with van der Waals surface area (Å²) in [6.07, 6.45) is 1.16. The largest absolute Gasteiger partial charge is 0.394 e. The van der Waals surface area contributed by atoms with Crippen molar-refractivity contribution in [2.24, 2.45) is 0 Å². The second-order valence-corrected chi connectivity index (χ2v) is 7.65. The fourth-order valence-electron chi connectivity index (χ4n) is 2.29. The summed E-state index contributed by atoms with van der Waals surface area (Å²) in [5.74, 6) is -0.0899. The summed E-state index contributed by atoms with van der Waals surface area (Å²) in [6.45, 7) is -0.231. The highest BCUT2D eigenvalue weighted by molar-refractivity contribution is 7.89. The van der Waals surface area contributed by atoms with Crippen molar-refractivity contribution < 1.29 is 18.3 Å². The van der Waals surface area contributed by atoms with Crippen molar-refractivity contribution >= 4 is 21.6 Å². The normalized spacial score (nSPS) is 12.4. The van der Waals surface area contributed by atoms with Crippen molar-refractivity contribution in [2.75, 3.05) is 18.2 Å². The van der Waals surface area contributed by atoms with E-state index in [-0.39, 0.29) is 12.4 Å². The van der Waals surface area contributed by atoms with Gasteiger partial charge in [0.2, 0.25) is 0 Å². The van der Waals surface area contributed by atoms with Crippen LogP contribution in [0.25, 0.3) is 0 Å². The smallest absolute Gasteiger partial charge is 0.319 e. The highest BCUT2D eigenvalue weighted by Gasteiger charge is 2.13. The summed E-state index contributed by atoms with van der Waals surface area (Å²) in [4.78, 5) is 12.1. The number of anilines is 1. The fraction of sp³-hybridized carbons (Fsp3) is 0.235. The molecule has 2 aromatic rings. The maximum atomic E-state index is 12.1. The van der Waals surface area contributed by atoms with Gasteiger partial charge in [-0.05, 0) is 23.3 Å². The number of urea groups is 1. The van der Waals surface area contributed by atoms with E-state index in [1.165, 1.54) is 0 Å². The Kier molecular flexibility index (Phi) is 5.94. The van der Waals surface area contributed by atoms with Gasteiger partial charge in [-0.3, -0.25) is 0 Å². The van der Waals surface area contributed by atoms with Gasteiger partial charge in [-0.15, -0.1) is 0 Å². The zero-order valence-corrected chi connectivity index (χ0v) is 14.1. The lowest BCUT2D eigenvalue weighted by molar-refractivity contribution is 0.225. The van der Waals surface area contributed by atoms with Crippen LogP contribution in [-0.2, 0) is 15.6 Å². The molecule has 24 heavy (non-hydrogen) atoms. The molecule has 0 aliphatic carbocycles. The number of amides is 2. The monoisotopic (exact) mass is 348 g/mol. The summed E-state index contributed by atoms with van der Waals surface area (Å²) >= 11 is 0. The maximum Gasteiger partial charge on any atom is 0.319 e. The van der Waals surface area contributed by atoms with Crippen molar-refractivity contribution in [1.29, 1.82) is 0 Å². The van der Waals surface area contributed by atoms with Crippen molar-refractivity contribution in [3.8, 4) is 0 Å². The lowest BCUT2D eigenvalue weighted by atomic mass is 10.1. The Morgan fingerprint density at radius 2 is 1.83 bits per heavy atom. The predicted octanol–water partition coefficient (Wildman–Crippen LogP) is 2.09. The van der Waals surface area contributed by atoms with E-state index < -0.39 is 21.9 Å². The van der Waals surface area contributed by atoms with Gasteiger partial charge in [-0.1, -0.05) is 42.5 Å². The van der Waals surface area contributed by atoms with Crippen molar-refractivity contribution in [3.05, 3.63) is 65.7 Å². The first-order valence-electron chi connectivity index (χ1n) is 7.37. The van der Waals surface area contributed by atoms with Crippen molar-refractivity contribution in [1.82, 2.24) is 5.32 Å². The molecule has 128 valence electrons. The zero-order chi connectivity index (χ0) is 17.6. The van der Waals surface area contributed by atoms with Gasteiger partial charge in [-0.2, -0.15) is 0 Å². The Hall–Kier alpha value is -2.38. The molecule has 0 spiro atoms. The van der Waals surface area contributed by atoms with Crippen LogP contribution in [-0.4, -0.2) is 32.4 Å². The van der Waals surface area contributed by atoms with Crippen LogP contribution in [0.2, 0.25) is 0 Å². The average molecular weight is 348 g/mol. The molecule has 6 nitrogen and oxygen atoms in total. The first-order valence-corrected chi connectivity index (χ1v) is 9.43. The van der Waals surface area contributed by atoms with Crippen LogP contribution in [0, 0.1) is 0 Å². The quantitative estimate of drug-likeness (QED) is 0.745. The Balaban J connectivity index is 2.03. The van der Waals surface area contributed by atoms with Crippen LogP contribution < -0.4 is 10.6 Å². The number of sulfone groups is 1. The molecule has 2 amide bonds. The minimum absolute atomic E-state index is 0.0899. The Morgan fingerprint density at radius 1 is 1.12 bits per heavy atom.